The van der Waals surface area contributed by atoms with Crippen LogP contribution in [0.2, 0.25) is 0 Å². The number of benzene rings is 2. The predicted octanol–water partition coefficient (Wildman–Crippen LogP) is 3.45. The fraction of sp³-hybridized carbons (Fsp3) is 0.118. The van der Waals surface area contributed by atoms with E-state index in [0.717, 1.165) is 4.47 Å². The highest BCUT2D eigenvalue weighted by atomic mass is 79.9. The summed E-state index contributed by atoms with van der Waals surface area (Å²) in [5.41, 5.74) is 1.37. The fourth-order valence-electron chi connectivity index (χ4n) is 1.86. The topological polar surface area (TPSA) is 72.5 Å². The molecular formula is C17H14BrNO4. The number of nitrogens with one attached hydrogen (secondary N) is 1. The molecular weight excluding hydrogens is 362 g/mol. The molecule has 0 aliphatic heterocycles. The van der Waals surface area contributed by atoms with Crippen LogP contribution >= 0.6 is 15.9 Å². The molecule has 0 saturated heterocycles. The Labute approximate surface area is 141 Å². The number of Topliss-reactive ketones (excluding diaryl/α,β-unsaturated/α-hetero) is 1. The van der Waals surface area contributed by atoms with Gasteiger partial charge in [0.05, 0.1) is 5.56 Å². The van der Waals surface area contributed by atoms with E-state index in [1.54, 1.807) is 48.5 Å². The Balaban J connectivity index is 1.94. The first-order chi connectivity index (χ1) is 11.0. The molecule has 0 radical (unpaired) electrons. The molecule has 6 heteroatoms. The third-order valence-electron chi connectivity index (χ3n) is 2.92. The number of halogens is 1. The number of hydrogen-bond donors (Lipinski definition) is 1. The second-order valence-electron chi connectivity index (χ2n) is 4.77. The minimum absolute atomic E-state index is 0.188. The van der Waals surface area contributed by atoms with E-state index in [9.17, 15) is 14.4 Å². The maximum atomic E-state index is 12.0. The first-order valence-corrected chi connectivity index (χ1v) is 7.58. The van der Waals surface area contributed by atoms with Gasteiger partial charge in [-0.3, -0.25) is 9.59 Å². The molecule has 1 N–H and O–H groups in total. The zero-order valence-electron chi connectivity index (χ0n) is 12.3. The summed E-state index contributed by atoms with van der Waals surface area (Å²) in [6.07, 6.45) is 0. The van der Waals surface area contributed by atoms with Crippen molar-refractivity contribution in [3.8, 4) is 0 Å². The van der Waals surface area contributed by atoms with Crippen LogP contribution in [0.5, 0.6) is 0 Å². The SMILES string of the molecule is CC(=O)Nc1ccc(C(=O)COC(=O)c2cccc(Br)c2)cc1. The van der Waals surface area contributed by atoms with Crippen LogP contribution in [-0.4, -0.2) is 24.3 Å². The van der Waals surface area contributed by atoms with Crippen LogP contribution in [0, 0.1) is 0 Å². The smallest absolute Gasteiger partial charge is 0.338 e. The first-order valence-electron chi connectivity index (χ1n) is 6.79. The Morgan fingerprint density at radius 3 is 2.35 bits per heavy atom. The van der Waals surface area contributed by atoms with Gasteiger partial charge in [0.15, 0.2) is 12.4 Å². The van der Waals surface area contributed by atoms with Crippen LogP contribution in [-0.2, 0) is 9.53 Å². The van der Waals surface area contributed by atoms with Crippen LogP contribution in [0.1, 0.15) is 27.6 Å². The fourth-order valence-corrected chi connectivity index (χ4v) is 2.26. The van der Waals surface area contributed by atoms with Crippen molar-refractivity contribution in [2.75, 3.05) is 11.9 Å². The summed E-state index contributed by atoms with van der Waals surface area (Å²) in [4.78, 5) is 34.8. The molecule has 2 rings (SSSR count). The number of anilines is 1. The van der Waals surface area contributed by atoms with Gasteiger partial charge in [-0.2, -0.15) is 0 Å². The van der Waals surface area contributed by atoms with Gasteiger partial charge in [-0.25, -0.2) is 4.79 Å². The second kappa shape index (κ2) is 7.69. The van der Waals surface area contributed by atoms with Crippen LogP contribution < -0.4 is 5.32 Å². The summed E-state index contributed by atoms with van der Waals surface area (Å²) in [6.45, 7) is 1.06. The van der Waals surface area contributed by atoms with E-state index < -0.39 is 5.97 Å². The monoisotopic (exact) mass is 375 g/mol. The van der Waals surface area contributed by atoms with Crippen molar-refractivity contribution in [2.45, 2.75) is 6.92 Å². The van der Waals surface area contributed by atoms with Gasteiger partial charge in [0.1, 0.15) is 0 Å². The van der Waals surface area contributed by atoms with Crippen molar-refractivity contribution in [3.63, 3.8) is 0 Å². The van der Waals surface area contributed by atoms with Gasteiger partial charge >= 0.3 is 5.97 Å². The van der Waals surface area contributed by atoms with Crippen LogP contribution in [0.4, 0.5) is 5.69 Å². The molecule has 0 saturated carbocycles. The van der Waals surface area contributed by atoms with Gasteiger partial charge in [0.25, 0.3) is 0 Å². The van der Waals surface area contributed by atoms with Crippen molar-refractivity contribution >= 4 is 39.3 Å². The number of amides is 1. The molecule has 0 fully saturated rings. The van der Waals surface area contributed by atoms with Gasteiger partial charge in [0, 0.05) is 22.6 Å². The standard InChI is InChI=1S/C17H14BrNO4/c1-11(20)19-15-7-5-12(6-8-15)16(21)10-23-17(22)13-3-2-4-14(18)9-13/h2-9H,10H2,1H3,(H,19,20). The van der Waals surface area contributed by atoms with Crippen molar-refractivity contribution in [1.29, 1.82) is 0 Å². The molecule has 5 nitrogen and oxygen atoms in total. The molecule has 23 heavy (non-hydrogen) atoms. The molecule has 118 valence electrons. The van der Waals surface area contributed by atoms with Gasteiger partial charge in [0.2, 0.25) is 5.91 Å². The van der Waals surface area contributed by atoms with E-state index in [1.165, 1.54) is 6.92 Å². The molecule has 2 aromatic carbocycles. The van der Waals surface area contributed by atoms with Gasteiger partial charge in [-0.1, -0.05) is 22.0 Å². The summed E-state index contributed by atoms with van der Waals surface area (Å²) in [7, 11) is 0. The van der Waals surface area contributed by atoms with E-state index in [1.807, 2.05) is 0 Å². The van der Waals surface area contributed by atoms with Gasteiger partial charge in [-0.15, -0.1) is 0 Å². The van der Waals surface area contributed by atoms with Crippen molar-refractivity contribution in [3.05, 3.63) is 64.1 Å². The number of esters is 1. The summed E-state index contributed by atoms with van der Waals surface area (Å²) < 4.78 is 5.77. The third-order valence-corrected chi connectivity index (χ3v) is 3.42. The number of carbonyl (C=O) groups excluding carboxylic acids is 3. The largest absolute Gasteiger partial charge is 0.454 e. The van der Waals surface area contributed by atoms with Crippen LogP contribution in [0.25, 0.3) is 0 Å². The average molecular weight is 376 g/mol. The number of ketones is 1. The number of rotatable bonds is 5. The van der Waals surface area contributed by atoms with E-state index in [4.69, 9.17) is 4.74 Å². The van der Waals surface area contributed by atoms with E-state index in [2.05, 4.69) is 21.2 Å². The molecule has 0 unspecified atom stereocenters. The van der Waals surface area contributed by atoms with Crippen molar-refractivity contribution in [2.24, 2.45) is 0 Å². The molecule has 2 aromatic rings. The Morgan fingerprint density at radius 2 is 1.74 bits per heavy atom. The van der Waals surface area contributed by atoms with Crippen LogP contribution in [0.3, 0.4) is 0 Å². The first kappa shape index (κ1) is 16.9. The number of hydrogen-bond acceptors (Lipinski definition) is 4. The average Bonchev–Trinajstić information content (AvgIpc) is 2.52. The molecule has 0 aliphatic rings. The lowest BCUT2D eigenvalue weighted by atomic mass is 10.1. The molecule has 0 bridgehead atoms. The third kappa shape index (κ3) is 5.03. The predicted molar refractivity (Wildman–Crippen MR) is 89.5 cm³/mol. The lowest BCUT2D eigenvalue weighted by Gasteiger charge is -2.06. The minimum atomic E-state index is -0.561. The molecule has 0 spiro atoms. The summed E-state index contributed by atoms with van der Waals surface area (Å²) in [5, 5.41) is 2.61. The molecule has 0 atom stereocenters. The maximum Gasteiger partial charge on any atom is 0.338 e. The molecule has 0 heterocycles. The Hall–Kier alpha value is -2.47. The van der Waals surface area contributed by atoms with Crippen molar-refractivity contribution < 1.29 is 19.1 Å². The van der Waals surface area contributed by atoms with E-state index in [-0.39, 0.29) is 18.3 Å². The quantitative estimate of drug-likeness (QED) is 0.641. The summed E-state index contributed by atoms with van der Waals surface area (Å²) in [5.74, 6) is -1.07. The highest BCUT2D eigenvalue weighted by Gasteiger charge is 2.12. The van der Waals surface area contributed by atoms with Crippen LogP contribution in [0.15, 0.2) is 53.0 Å². The highest BCUT2D eigenvalue weighted by Crippen LogP contribution is 2.13. The molecule has 0 aromatic heterocycles. The van der Waals surface area contributed by atoms with E-state index >= 15 is 0 Å². The Morgan fingerprint density at radius 1 is 1.04 bits per heavy atom. The maximum absolute atomic E-state index is 12.0. The van der Waals surface area contributed by atoms with Crippen molar-refractivity contribution in [1.82, 2.24) is 0 Å². The Kier molecular flexibility index (Phi) is 5.65. The number of ether oxygens (including phenoxy) is 1. The lowest BCUT2D eigenvalue weighted by molar-refractivity contribution is -0.114. The Bertz CT molecular complexity index is 741. The minimum Gasteiger partial charge on any atom is -0.454 e. The lowest BCUT2D eigenvalue weighted by Crippen LogP contribution is -2.14. The summed E-state index contributed by atoms with van der Waals surface area (Å²) >= 11 is 3.27. The zero-order valence-corrected chi connectivity index (χ0v) is 13.9. The zero-order chi connectivity index (χ0) is 16.8. The van der Waals surface area contributed by atoms with Gasteiger partial charge < -0.3 is 10.1 Å². The number of carbonyl (C=O) groups is 3. The van der Waals surface area contributed by atoms with E-state index in [0.29, 0.717) is 16.8 Å². The second-order valence-corrected chi connectivity index (χ2v) is 5.68. The summed E-state index contributed by atoms with van der Waals surface area (Å²) in [6, 6.07) is 13.1. The van der Waals surface area contributed by atoms with Gasteiger partial charge in [-0.05, 0) is 42.5 Å². The highest BCUT2D eigenvalue weighted by molar-refractivity contribution is 9.10. The normalized spacial score (nSPS) is 10.0. The molecule has 0 aliphatic carbocycles. The molecule has 1 amide bonds.